The lowest BCUT2D eigenvalue weighted by molar-refractivity contribution is 0.0995. The molecule has 0 saturated carbocycles. The van der Waals surface area contributed by atoms with Gasteiger partial charge in [-0.2, -0.15) is 0 Å². The predicted molar refractivity (Wildman–Crippen MR) is 106 cm³/mol. The topological polar surface area (TPSA) is 95.9 Å². The average molecular weight is 425 g/mol. The summed E-state index contributed by atoms with van der Waals surface area (Å²) in [7, 11) is 0. The van der Waals surface area contributed by atoms with E-state index in [-0.39, 0.29) is 11.4 Å². The smallest absolute Gasteiger partial charge is 0.267 e. The summed E-state index contributed by atoms with van der Waals surface area (Å²) >= 11 is 1.37. The molecule has 1 aromatic carbocycles. The number of aromatic nitrogens is 4. The van der Waals surface area contributed by atoms with E-state index in [9.17, 15) is 13.6 Å². The van der Waals surface area contributed by atoms with E-state index in [4.69, 9.17) is 10.5 Å². The van der Waals surface area contributed by atoms with Gasteiger partial charge in [0, 0.05) is 12.5 Å². The Hall–Kier alpha value is -3.66. The fourth-order valence-corrected chi connectivity index (χ4v) is 4.50. The van der Waals surface area contributed by atoms with E-state index >= 15 is 0 Å². The molecule has 0 spiro atoms. The summed E-state index contributed by atoms with van der Waals surface area (Å²) in [6, 6.07) is 8.43. The summed E-state index contributed by atoms with van der Waals surface area (Å²) in [6.07, 6.45) is 1.99. The van der Waals surface area contributed by atoms with Gasteiger partial charge in [0.15, 0.2) is 5.82 Å². The average Bonchev–Trinajstić information content (AvgIpc) is 3.32. The zero-order valence-corrected chi connectivity index (χ0v) is 16.1. The highest BCUT2D eigenvalue weighted by Crippen LogP contribution is 2.42. The fourth-order valence-electron chi connectivity index (χ4n) is 3.31. The van der Waals surface area contributed by atoms with Gasteiger partial charge in [-0.15, -0.1) is 21.5 Å². The van der Waals surface area contributed by atoms with Crippen LogP contribution in [0, 0.1) is 11.6 Å². The van der Waals surface area contributed by atoms with Crippen LogP contribution in [-0.4, -0.2) is 32.3 Å². The van der Waals surface area contributed by atoms with Crippen molar-refractivity contribution in [1.29, 1.82) is 0 Å². The Balaban J connectivity index is 1.64. The molecule has 4 heterocycles. The molecule has 150 valence electrons. The van der Waals surface area contributed by atoms with Crippen molar-refractivity contribution in [2.45, 2.75) is 6.42 Å². The summed E-state index contributed by atoms with van der Waals surface area (Å²) in [6.45, 7) is 0.438. The number of carbonyl (C=O) groups excluding carboxylic acids is 1. The van der Waals surface area contributed by atoms with Crippen molar-refractivity contribution >= 4 is 17.2 Å². The molecule has 7 nitrogen and oxygen atoms in total. The van der Waals surface area contributed by atoms with Crippen LogP contribution in [0.2, 0.25) is 0 Å². The largest absolute Gasteiger partial charge is 0.491 e. The number of ether oxygens (including phenoxy) is 1. The highest BCUT2D eigenvalue weighted by Gasteiger charge is 2.24. The number of hydrogen-bond acceptors (Lipinski definition) is 6. The normalized spacial score (nSPS) is 12.6. The molecule has 2 N–H and O–H groups in total. The van der Waals surface area contributed by atoms with Gasteiger partial charge >= 0.3 is 0 Å². The Morgan fingerprint density at radius 2 is 2.07 bits per heavy atom. The monoisotopic (exact) mass is 425 g/mol. The van der Waals surface area contributed by atoms with E-state index in [0.717, 1.165) is 21.4 Å². The first kappa shape index (κ1) is 18.4. The summed E-state index contributed by atoms with van der Waals surface area (Å²) in [5.41, 5.74) is 7.13. The molecule has 0 radical (unpaired) electrons. The van der Waals surface area contributed by atoms with Crippen LogP contribution in [0.25, 0.3) is 27.0 Å². The maximum atomic E-state index is 14.3. The summed E-state index contributed by atoms with van der Waals surface area (Å²) in [5, 5.41) is 8.03. The molecule has 10 heteroatoms. The van der Waals surface area contributed by atoms with Crippen molar-refractivity contribution in [3.8, 4) is 32.7 Å². The summed E-state index contributed by atoms with van der Waals surface area (Å²) < 4.78 is 34.8. The third-order valence-corrected chi connectivity index (χ3v) is 5.88. The Bertz CT molecular complexity index is 1300. The number of amides is 1. The lowest BCUT2D eigenvalue weighted by Crippen LogP contribution is -2.13. The number of fused-ring (bicyclic) bond motifs is 3. The van der Waals surface area contributed by atoms with E-state index < -0.39 is 17.5 Å². The number of primary amides is 1. The number of halogens is 2. The number of thiophene rings is 1. The van der Waals surface area contributed by atoms with Gasteiger partial charge in [0.1, 0.15) is 35.1 Å². The van der Waals surface area contributed by atoms with E-state index in [1.54, 1.807) is 6.07 Å². The van der Waals surface area contributed by atoms with Gasteiger partial charge in [-0.05, 0) is 35.9 Å². The zero-order chi connectivity index (χ0) is 20.8. The van der Waals surface area contributed by atoms with E-state index in [2.05, 4.69) is 15.2 Å². The standard InChI is InChI=1S/C20H13F2N5O2S/c21-11-1-3-14(12(22)8-11)27-9-24-26-20(27)16-7-10-5-6-29-15-4-2-13(19(23)28)25-17(15)18(10)30-16/h1-4,7-9H,5-6H2,(H2,23,28). The lowest BCUT2D eigenvalue weighted by Gasteiger charge is -2.08. The molecule has 0 aliphatic carbocycles. The molecule has 1 aliphatic heterocycles. The molecule has 1 aliphatic rings. The Morgan fingerprint density at radius 3 is 2.87 bits per heavy atom. The number of nitrogens with two attached hydrogens (primary N) is 1. The van der Waals surface area contributed by atoms with E-state index in [1.165, 1.54) is 40.4 Å². The molecule has 3 aromatic heterocycles. The van der Waals surface area contributed by atoms with Gasteiger partial charge in [-0.25, -0.2) is 13.8 Å². The minimum Gasteiger partial charge on any atom is -0.491 e. The van der Waals surface area contributed by atoms with Crippen molar-refractivity contribution < 1.29 is 18.3 Å². The van der Waals surface area contributed by atoms with Gasteiger partial charge in [0.05, 0.1) is 22.0 Å². The van der Waals surface area contributed by atoms with E-state index in [0.29, 0.717) is 30.3 Å². The fraction of sp³-hybridized carbons (Fsp3) is 0.100. The van der Waals surface area contributed by atoms with Gasteiger partial charge < -0.3 is 10.5 Å². The maximum Gasteiger partial charge on any atom is 0.267 e. The summed E-state index contributed by atoms with van der Waals surface area (Å²) in [5.74, 6) is -1.06. The molecule has 1 amide bonds. The van der Waals surface area contributed by atoms with Crippen LogP contribution in [-0.2, 0) is 6.42 Å². The first-order valence-electron chi connectivity index (χ1n) is 8.94. The molecule has 0 atom stereocenters. The number of carbonyl (C=O) groups is 1. The molecule has 0 saturated heterocycles. The van der Waals surface area contributed by atoms with Crippen molar-refractivity contribution in [3.63, 3.8) is 0 Å². The molecule has 0 fully saturated rings. The summed E-state index contributed by atoms with van der Waals surface area (Å²) in [4.78, 5) is 17.5. The molecular weight excluding hydrogens is 412 g/mol. The minimum atomic E-state index is -0.722. The number of pyridine rings is 1. The number of nitrogens with zero attached hydrogens (tertiary/aromatic N) is 4. The van der Waals surface area contributed by atoms with Crippen LogP contribution in [0.3, 0.4) is 0 Å². The number of benzene rings is 1. The second-order valence-corrected chi connectivity index (χ2v) is 7.64. The van der Waals surface area contributed by atoms with Gasteiger partial charge in [0.2, 0.25) is 0 Å². The quantitative estimate of drug-likeness (QED) is 0.543. The van der Waals surface area contributed by atoms with E-state index in [1.807, 2.05) is 6.07 Å². The van der Waals surface area contributed by atoms with Crippen LogP contribution >= 0.6 is 11.3 Å². The van der Waals surface area contributed by atoms with Gasteiger partial charge in [-0.1, -0.05) is 0 Å². The van der Waals surface area contributed by atoms with Crippen molar-refractivity contribution in [1.82, 2.24) is 19.7 Å². The predicted octanol–water partition coefficient (Wildman–Crippen LogP) is 3.37. The van der Waals surface area contributed by atoms with Crippen molar-refractivity contribution in [2.24, 2.45) is 5.73 Å². The Kier molecular flexibility index (Phi) is 4.28. The third-order valence-electron chi connectivity index (χ3n) is 4.70. The molecule has 0 unspecified atom stereocenters. The number of rotatable bonds is 3. The Morgan fingerprint density at radius 1 is 1.20 bits per heavy atom. The highest BCUT2D eigenvalue weighted by atomic mass is 32.1. The second-order valence-electron chi connectivity index (χ2n) is 6.59. The van der Waals surface area contributed by atoms with Crippen LogP contribution in [0.1, 0.15) is 16.1 Å². The SMILES string of the molecule is NC(=O)c1ccc2c(n1)-c1sc(-c3nncn3-c3ccc(F)cc3F)cc1CCO2. The van der Waals surface area contributed by atoms with Crippen LogP contribution < -0.4 is 10.5 Å². The van der Waals surface area contributed by atoms with Gasteiger partial charge in [0.25, 0.3) is 5.91 Å². The molecule has 5 rings (SSSR count). The van der Waals surface area contributed by atoms with Crippen LogP contribution in [0.4, 0.5) is 8.78 Å². The lowest BCUT2D eigenvalue weighted by atomic mass is 10.1. The van der Waals surface area contributed by atoms with Crippen molar-refractivity contribution in [2.75, 3.05) is 6.61 Å². The van der Waals surface area contributed by atoms with Crippen LogP contribution in [0.15, 0.2) is 42.7 Å². The van der Waals surface area contributed by atoms with Crippen LogP contribution in [0.5, 0.6) is 5.75 Å². The zero-order valence-electron chi connectivity index (χ0n) is 15.3. The first-order valence-corrected chi connectivity index (χ1v) is 9.75. The second kappa shape index (κ2) is 6.99. The number of hydrogen-bond donors (Lipinski definition) is 1. The molecule has 30 heavy (non-hydrogen) atoms. The molecule has 0 bridgehead atoms. The molecular formula is C20H13F2N5O2S. The maximum absolute atomic E-state index is 14.3. The van der Waals surface area contributed by atoms with Gasteiger partial charge in [-0.3, -0.25) is 9.36 Å². The molecule has 4 aromatic rings. The third kappa shape index (κ3) is 3.01. The first-order chi connectivity index (χ1) is 14.5. The Labute approximate surface area is 172 Å². The minimum absolute atomic E-state index is 0.136. The van der Waals surface area contributed by atoms with Crippen molar-refractivity contribution in [3.05, 3.63) is 65.6 Å². The highest BCUT2D eigenvalue weighted by molar-refractivity contribution is 7.19.